The second kappa shape index (κ2) is 13.7. The van der Waals surface area contributed by atoms with E-state index in [0.717, 1.165) is 54.4 Å². The van der Waals surface area contributed by atoms with Crippen LogP contribution in [0.25, 0.3) is 0 Å². The zero-order valence-corrected chi connectivity index (χ0v) is 25.0. The Balaban J connectivity index is 1.03. The number of likely N-dealkylation sites (tertiary alicyclic amines) is 1. The highest BCUT2D eigenvalue weighted by Crippen LogP contribution is 2.45. The third kappa shape index (κ3) is 8.03. The minimum Gasteiger partial charge on any atom is -0.492 e. The van der Waals surface area contributed by atoms with Crippen molar-refractivity contribution in [3.05, 3.63) is 94.5 Å². The molecule has 3 aromatic carbocycles. The van der Waals surface area contributed by atoms with E-state index in [9.17, 15) is 4.79 Å². The maximum atomic E-state index is 12.6. The molecule has 1 heterocycles. The number of carbonyl (C=O) groups excluding carboxylic acids is 1. The first-order chi connectivity index (χ1) is 19.9. The van der Waals surface area contributed by atoms with Crippen molar-refractivity contribution >= 4 is 17.6 Å². The van der Waals surface area contributed by atoms with Crippen LogP contribution in [0.5, 0.6) is 11.5 Å². The second-order valence-corrected chi connectivity index (χ2v) is 11.8. The van der Waals surface area contributed by atoms with Crippen LogP contribution in [0.15, 0.2) is 72.8 Å². The summed E-state index contributed by atoms with van der Waals surface area (Å²) in [4.78, 5) is 15.2. The fraction of sp³-hybridized carbons (Fsp3) is 0.441. The highest BCUT2D eigenvalue weighted by Gasteiger charge is 2.55. The van der Waals surface area contributed by atoms with E-state index in [-0.39, 0.29) is 5.97 Å². The molecule has 218 valence electrons. The Morgan fingerprint density at radius 2 is 1.56 bits per heavy atom. The lowest BCUT2D eigenvalue weighted by atomic mass is 10.0. The fourth-order valence-electron chi connectivity index (χ4n) is 5.73. The molecule has 1 saturated heterocycles. The van der Waals surface area contributed by atoms with E-state index < -0.39 is 6.10 Å². The molecule has 1 aliphatic heterocycles. The fourth-order valence-corrected chi connectivity index (χ4v) is 5.85. The van der Waals surface area contributed by atoms with Gasteiger partial charge in [-0.25, -0.2) is 4.79 Å². The summed E-state index contributed by atoms with van der Waals surface area (Å²) in [5.41, 5.74) is 3.54. The van der Waals surface area contributed by atoms with Crippen LogP contribution in [0, 0.1) is 11.8 Å². The van der Waals surface area contributed by atoms with Crippen molar-refractivity contribution < 1.29 is 19.0 Å². The van der Waals surface area contributed by atoms with E-state index in [1.165, 1.54) is 11.1 Å². The van der Waals surface area contributed by atoms with Gasteiger partial charge >= 0.3 is 5.97 Å². The molecule has 0 bridgehead atoms. The molecule has 1 N–H and O–H groups in total. The molecule has 0 aromatic heterocycles. The summed E-state index contributed by atoms with van der Waals surface area (Å²) in [5, 5.41) is 4.47. The first kappa shape index (κ1) is 29.4. The number of nitrogens with one attached hydrogen (secondary N) is 1. The molecule has 7 heteroatoms. The van der Waals surface area contributed by atoms with Crippen molar-refractivity contribution in [2.24, 2.45) is 11.8 Å². The number of carbonyl (C=O) groups is 1. The number of ether oxygens (including phenoxy) is 3. The Bertz CT molecular complexity index is 1250. The summed E-state index contributed by atoms with van der Waals surface area (Å²) >= 11 is 6.01. The maximum absolute atomic E-state index is 12.6. The van der Waals surface area contributed by atoms with Gasteiger partial charge in [0.05, 0.1) is 6.61 Å². The van der Waals surface area contributed by atoms with E-state index >= 15 is 0 Å². The van der Waals surface area contributed by atoms with Gasteiger partial charge in [-0.2, -0.15) is 0 Å². The highest BCUT2D eigenvalue weighted by molar-refractivity contribution is 6.30. The Labute approximate surface area is 248 Å². The predicted octanol–water partition coefficient (Wildman–Crippen LogP) is 6.12. The van der Waals surface area contributed by atoms with Crippen molar-refractivity contribution in [3.63, 3.8) is 0 Å². The number of fused-ring (bicyclic) bond motifs is 1. The Morgan fingerprint density at radius 1 is 0.927 bits per heavy atom. The molecule has 3 aromatic rings. The molecule has 0 spiro atoms. The van der Waals surface area contributed by atoms with Gasteiger partial charge in [-0.05, 0) is 77.8 Å². The number of nitrogens with zero attached hydrogens (tertiary/aromatic N) is 1. The van der Waals surface area contributed by atoms with Crippen molar-refractivity contribution in [2.45, 2.75) is 51.8 Å². The lowest BCUT2D eigenvalue weighted by Crippen LogP contribution is -2.33. The first-order valence-corrected chi connectivity index (χ1v) is 15.1. The molecule has 1 unspecified atom stereocenters. The summed E-state index contributed by atoms with van der Waals surface area (Å²) in [6.45, 7) is 11.1. The van der Waals surface area contributed by atoms with Crippen LogP contribution in [0.4, 0.5) is 0 Å². The Morgan fingerprint density at radius 3 is 2.20 bits per heavy atom. The molecule has 1 aliphatic carbocycles. The normalized spacial score (nSPS) is 20.5. The average molecular weight is 577 g/mol. The van der Waals surface area contributed by atoms with Gasteiger partial charge in [-0.1, -0.05) is 61.8 Å². The minimum absolute atomic E-state index is 0.315. The standard InChI is InChI=1S/C34H41ClN2O4/c1-4-39-34(38)32(41-29-15-9-26(10-16-29)23(2)3)19-24-7-13-28(14-8-24)40-18-17-36-33-30-21-37(22-31(30)33)20-25-5-11-27(35)12-6-25/h5-16,23,30-33,36H,4,17-22H2,1-3H3/t30-,31+,32-,33?/m0/s1. The lowest BCUT2D eigenvalue weighted by Gasteiger charge is -2.20. The average Bonchev–Trinajstić information content (AvgIpc) is 3.42. The van der Waals surface area contributed by atoms with E-state index in [2.05, 4.69) is 36.2 Å². The largest absolute Gasteiger partial charge is 0.492 e. The number of benzene rings is 3. The summed E-state index contributed by atoms with van der Waals surface area (Å²) in [6, 6.07) is 24.6. The van der Waals surface area contributed by atoms with Crippen molar-refractivity contribution in [2.75, 3.05) is 32.8 Å². The van der Waals surface area contributed by atoms with Crippen LogP contribution in [0.3, 0.4) is 0 Å². The van der Waals surface area contributed by atoms with Gasteiger partial charge in [-0.15, -0.1) is 0 Å². The lowest BCUT2D eigenvalue weighted by molar-refractivity contribution is -0.151. The smallest absolute Gasteiger partial charge is 0.347 e. The van der Waals surface area contributed by atoms with Gasteiger partial charge in [0.25, 0.3) is 0 Å². The third-order valence-corrected chi connectivity index (χ3v) is 8.31. The molecule has 2 fully saturated rings. The third-order valence-electron chi connectivity index (χ3n) is 8.06. The first-order valence-electron chi connectivity index (χ1n) is 14.7. The van der Waals surface area contributed by atoms with E-state index in [0.29, 0.717) is 37.3 Å². The minimum atomic E-state index is -0.712. The SMILES string of the molecule is CCOC(=O)[C@H](Cc1ccc(OCCNC2[C@H]3CN(Cc4ccc(Cl)cc4)C[C@@H]23)cc1)Oc1ccc(C(C)C)cc1. The van der Waals surface area contributed by atoms with Gasteiger partial charge in [0.2, 0.25) is 0 Å². The van der Waals surface area contributed by atoms with Crippen LogP contribution in [0.2, 0.25) is 5.02 Å². The molecule has 2 aliphatic rings. The van der Waals surface area contributed by atoms with Crippen molar-refractivity contribution in [1.82, 2.24) is 10.2 Å². The Kier molecular flexibility index (Phi) is 9.86. The Hall–Kier alpha value is -3.06. The van der Waals surface area contributed by atoms with Gasteiger partial charge in [0.1, 0.15) is 18.1 Å². The van der Waals surface area contributed by atoms with E-state index in [1.54, 1.807) is 6.92 Å². The van der Waals surface area contributed by atoms with Crippen LogP contribution < -0.4 is 14.8 Å². The molecule has 4 atom stereocenters. The number of hydrogen-bond donors (Lipinski definition) is 1. The van der Waals surface area contributed by atoms with Crippen LogP contribution in [-0.2, 0) is 22.5 Å². The number of piperidine rings is 1. The van der Waals surface area contributed by atoms with Crippen molar-refractivity contribution in [3.8, 4) is 11.5 Å². The number of rotatable bonds is 14. The molecular weight excluding hydrogens is 536 g/mol. The number of hydrogen-bond acceptors (Lipinski definition) is 6. The zero-order valence-electron chi connectivity index (χ0n) is 24.2. The van der Waals surface area contributed by atoms with E-state index in [4.69, 9.17) is 25.8 Å². The van der Waals surface area contributed by atoms with Gasteiger partial charge < -0.3 is 19.5 Å². The zero-order chi connectivity index (χ0) is 28.8. The molecule has 0 amide bonds. The topological polar surface area (TPSA) is 60.0 Å². The molecular formula is C34H41ClN2O4. The molecule has 41 heavy (non-hydrogen) atoms. The molecule has 6 nitrogen and oxygen atoms in total. The number of halogens is 1. The van der Waals surface area contributed by atoms with Gasteiger partial charge in [0.15, 0.2) is 6.10 Å². The molecule has 5 rings (SSSR count). The van der Waals surface area contributed by atoms with Crippen molar-refractivity contribution in [1.29, 1.82) is 0 Å². The van der Waals surface area contributed by atoms with Gasteiger partial charge in [0, 0.05) is 43.7 Å². The van der Waals surface area contributed by atoms with Crippen LogP contribution in [-0.4, -0.2) is 55.9 Å². The summed E-state index contributed by atoms with van der Waals surface area (Å²) in [5.74, 6) is 3.04. The summed E-state index contributed by atoms with van der Waals surface area (Å²) < 4.78 is 17.3. The number of esters is 1. The highest BCUT2D eigenvalue weighted by atomic mass is 35.5. The predicted molar refractivity (Wildman–Crippen MR) is 163 cm³/mol. The van der Waals surface area contributed by atoms with Crippen LogP contribution >= 0.6 is 11.6 Å². The van der Waals surface area contributed by atoms with Gasteiger partial charge in [-0.3, -0.25) is 4.90 Å². The summed E-state index contributed by atoms with van der Waals surface area (Å²) in [6.07, 6.45) is -0.289. The summed E-state index contributed by atoms with van der Waals surface area (Å²) in [7, 11) is 0. The second-order valence-electron chi connectivity index (χ2n) is 11.4. The van der Waals surface area contributed by atoms with Crippen LogP contribution in [0.1, 0.15) is 43.4 Å². The maximum Gasteiger partial charge on any atom is 0.347 e. The van der Waals surface area contributed by atoms with E-state index in [1.807, 2.05) is 60.7 Å². The molecule has 0 radical (unpaired) electrons. The molecule has 1 saturated carbocycles. The monoisotopic (exact) mass is 576 g/mol. The quantitative estimate of drug-likeness (QED) is 0.184.